The molecule has 0 aliphatic heterocycles. The van der Waals surface area contributed by atoms with Crippen LogP contribution in [-0.4, -0.2) is 16.5 Å². The van der Waals surface area contributed by atoms with E-state index in [4.69, 9.17) is 9.97 Å². The molecule has 1 aliphatic carbocycles. The Kier molecular flexibility index (Phi) is 4.73. The molecule has 0 unspecified atom stereocenters. The second-order valence-corrected chi connectivity index (χ2v) is 6.55. The molecule has 0 bridgehead atoms. The fourth-order valence-electron chi connectivity index (χ4n) is 2.94. The summed E-state index contributed by atoms with van der Waals surface area (Å²) in [6.45, 7) is 2.99. The third-order valence-corrected chi connectivity index (χ3v) is 5.06. The first-order chi connectivity index (χ1) is 10.3. The van der Waals surface area contributed by atoms with Gasteiger partial charge in [0, 0.05) is 18.0 Å². The summed E-state index contributed by atoms with van der Waals surface area (Å²) >= 11 is 2.40. The van der Waals surface area contributed by atoms with Gasteiger partial charge >= 0.3 is 0 Å². The lowest BCUT2D eigenvalue weighted by molar-refractivity contribution is 0.690. The predicted octanol–water partition coefficient (Wildman–Crippen LogP) is 4.84. The molecule has 3 rings (SSSR count). The number of hydrogen-bond donors (Lipinski definition) is 1. The highest BCUT2D eigenvalue weighted by atomic mass is 127. The van der Waals surface area contributed by atoms with E-state index in [2.05, 4.69) is 47.0 Å². The van der Waals surface area contributed by atoms with Gasteiger partial charge in [0.1, 0.15) is 5.82 Å². The molecule has 2 aromatic rings. The van der Waals surface area contributed by atoms with Gasteiger partial charge in [0.15, 0.2) is 5.82 Å². The number of benzene rings is 1. The van der Waals surface area contributed by atoms with Crippen LogP contribution in [-0.2, 0) is 0 Å². The van der Waals surface area contributed by atoms with Crippen molar-refractivity contribution in [1.82, 2.24) is 9.97 Å². The Bertz CT molecular complexity index is 607. The molecular weight excluding hydrogens is 373 g/mol. The van der Waals surface area contributed by atoms with Crippen LogP contribution in [0.2, 0.25) is 0 Å². The molecule has 1 aromatic heterocycles. The molecule has 0 saturated heterocycles. The summed E-state index contributed by atoms with van der Waals surface area (Å²) in [6, 6.07) is 10.3. The van der Waals surface area contributed by atoms with Crippen molar-refractivity contribution in [3.63, 3.8) is 0 Å². The van der Waals surface area contributed by atoms with Crippen LogP contribution in [0.5, 0.6) is 0 Å². The highest BCUT2D eigenvalue weighted by Gasteiger charge is 2.24. The molecule has 0 radical (unpaired) electrons. The first kappa shape index (κ1) is 14.8. The number of rotatable bonds is 4. The van der Waals surface area contributed by atoms with Crippen LogP contribution in [0.25, 0.3) is 11.4 Å². The van der Waals surface area contributed by atoms with Crippen molar-refractivity contribution in [3.05, 3.63) is 39.6 Å². The van der Waals surface area contributed by atoms with E-state index >= 15 is 0 Å². The molecule has 110 valence electrons. The number of aromatic nitrogens is 2. The van der Waals surface area contributed by atoms with Gasteiger partial charge in [-0.15, -0.1) is 0 Å². The summed E-state index contributed by atoms with van der Waals surface area (Å²) in [6.07, 6.45) is 5.16. The third-order valence-electron chi connectivity index (χ3n) is 3.99. The summed E-state index contributed by atoms with van der Waals surface area (Å²) < 4.78 is 1.20. The van der Waals surface area contributed by atoms with Gasteiger partial charge in [0.05, 0.1) is 9.26 Å². The largest absolute Gasteiger partial charge is 0.369 e. The topological polar surface area (TPSA) is 37.8 Å². The smallest absolute Gasteiger partial charge is 0.161 e. The van der Waals surface area contributed by atoms with Crippen LogP contribution in [0.15, 0.2) is 30.3 Å². The Hall–Kier alpha value is -1.17. The molecule has 1 N–H and O–H groups in total. The number of hydrogen-bond acceptors (Lipinski definition) is 3. The van der Waals surface area contributed by atoms with Gasteiger partial charge in [-0.2, -0.15) is 0 Å². The number of halogens is 1. The highest BCUT2D eigenvalue weighted by molar-refractivity contribution is 14.1. The van der Waals surface area contributed by atoms with Gasteiger partial charge in [-0.3, -0.25) is 0 Å². The van der Waals surface area contributed by atoms with Crippen molar-refractivity contribution in [1.29, 1.82) is 0 Å². The second kappa shape index (κ2) is 6.73. The summed E-state index contributed by atoms with van der Waals surface area (Å²) in [5, 5.41) is 3.39. The lowest BCUT2D eigenvalue weighted by atomic mass is 10.0. The maximum Gasteiger partial charge on any atom is 0.161 e. The standard InChI is InChI=1S/C17H20IN3/c1-2-19-17-14(18)15(12-8-6-7-9-12)20-16(21-17)13-10-4-3-5-11-13/h3-5,10-12H,2,6-9H2,1H3,(H,19,20,21). The molecule has 0 amide bonds. The molecule has 1 fully saturated rings. The van der Waals surface area contributed by atoms with E-state index in [1.165, 1.54) is 34.9 Å². The van der Waals surface area contributed by atoms with Crippen LogP contribution < -0.4 is 5.32 Å². The summed E-state index contributed by atoms with van der Waals surface area (Å²) in [5.74, 6) is 2.42. The Morgan fingerprint density at radius 1 is 1.14 bits per heavy atom. The van der Waals surface area contributed by atoms with Crippen molar-refractivity contribution >= 4 is 28.4 Å². The van der Waals surface area contributed by atoms with Gasteiger partial charge < -0.3 is 5.32 Å². The van der Waals surface area contributed by atoms with E-state index in [-0.39, 0.29) is 0 Å². The molecule has 1 aromatic carbocycles. The van der Waals surface area contributed by atoms with E-state index in [1.807, 2.05) is 18.2 Å². The molecular formula is C17H20IN3. The number of anilines is 1. The lowest BCUT2D eigenvalue weighted by Crippen LogP contribution is -2.10. The van der Waals surface area contributed by atoms with Crippen LogP contribution in [0, 0.1) is 3.57 Å². The van der Waals surface area contributed by atoms with Gasteiger partial charge in [0.25, 0.3) is 0 Å². The SMILES string of the molecule is CCNc1nc(-c2ccccc2)nc(C2CCCC2)c1I. The van der Waals surface area contributed by atoms with E-state index in [0.717, 1.165) is 23.8 Å². The lowest BCUT2D eigenvalue weighted by Gasteiger charge is -2.16. The zero-order valence-electron chi connectivity index (χ0n) is 12.3. The first-order valence-corrected chi connectivity index (χ1v) is 8.74. The molecule has 0 spiro atoms. The monoisotopic (exact) mass is 393 g/mol. The maximum atomic E-state index is 4.91. The Morgan fingerprint density at radius 2 is 1.86 bits per heavy atom. The van der Waals surface area contributed by atoms with Crippen molar-refractivity contribution in [2.75, 3.05) is 11.9 Å². The van der Waals surface area contributed by atoms with Gasteiger partial charge in [-0.05, 0) is 42.4 Å². The van der Waals surface area contributed by atoms with Crippen LogP contribution in [0.3, 0.4) is 0 Å². The van der Waals surface area contributed by atoms with Crippen molar-refractivity contribution in [3.8, 4) is 11.4 Å². The predicted molar refractivity (Wildman–Crippen MR) is 95.6 cm³/mol. The van der Waals surface area contributed by atoms with Gasteiger partial charge in [0.2, 0.25) is 0 Å². The average Bonchev–Trinajstić information content (AvgIpc) is 3.04. The van der Waals surface area contributed by atoms with E-state index in [0.29, 0.717) is 5.92 Å². The molecule has 0 atom stereocenters. The molecule has 1 saturated carbocycles. The van der Waals surface area contributed by atoms with Crippen molar-refractivity contribution in [2.24, 2.45) is 0 Å². The van der Waals surface area contributed by atoms with Gasteiger partial charge in [-0.1, -0.05) is 43.2 Å². The number of nitrogens with zero attached hydrogens (tertiary/aromatic N) is 2. The molecule has 3 nitrogen and oxygen atoms in total. The van der Waals surface area contributed by atoms with Crippen molar-refractivity contribution in [2.45, 2.75) is 38.5 Å². The zero-order chi connectivity index (χ0) is 14.7. The molecule has 4 heteroatoms. The van der Waals surface area contributed by atoms with E-state index in [9.17, 15) is 0 Å². The van der Waals surface area contributed by atoms with E-state index in [1.54, 1.807) is 0 Å². The Labute approximate surface area is 139 Å². The molecule has 21 heavy (non-hydrogen) atoms. The van der Waals surface area contributed by atoms with Gasteiger partial charge in [-0.25, -0.2) is 9.97 Å². The minimum Gasteiger partial charge on any atom is -0.369 e. The Balaban J connectivity index is 2.08. The fraction of sp³-hybridized carbons (Fsp3) is 0.412. The summed E-state index contributed by atoms with van der Waals surface area (Å²) in [5.41, 5.74) is 2.32. The minimum absolute atomic E-state index is 0.597. The highest BCUT2D eigenvalue weighted by Crippen LogP contribution is 2.37. The zero-order valence-corrected chi connectivity index (χ0v) is 14.4. The molecule has 1 heterocycles. The maximum absolute atomic E-state index is 4.91. The minimum atomic E-state index is 0.597. The summed E-state index contributed by atoms with van der Waals surface area (Å²) in [7, 11) is 0. The quantitative estimate of drug-likeness (QED) is 0.756. The van der Waals surface area contributed by atoms with E-state index < -0.39 is 0 Å². The third kappa shape index (κ3) is 3.20. The normalized spacial score (nSPS) is 15.3. The average molecular weight is 393 g/mol. The number of nitrogens with one attached hydrogen (secondary N) is 1. The fourth-order valence-corrected chi connectivity index (χ4v) is 3.81. The van der Waals surface area contributed by atoms with Crippen LogP contribution in [0.4, 0.5) is 5.82 Å². The van der Waals surface area contributed by atoms with Crippen LogP contribution >= 0.6 is 22.6 Å². The van der Waals surface area contributed by atoms with Crippen LogP contribution in [0.1, 0.15) is 44.2 Å². The second-order valence-electron chi connectivity index (χ2n) is 5.47. The summed E-state index contributed by atoms with van der Waals surface area (Å²) in [4.78, 5) is 9.64. The first-order valence-electron chi connectivity index (χ1n) is 7.66. The molecule has 1 aliphatic rings. The van der Waals surface area contributed by atoms with Crippen molar-refractivity contribution < 1.29 is 0 Å². The Morgan fingerprint density at radius 3 is 2.52 bits per heavy atom.